The lowest BCUT2D eigenvalue weighted by Crippen LogP contribution is -2.30. The van der Waals surface area contributed by atoms with Gasteiger partial charge in [-0.3, -0.25) is 0 Å². The van der Waals surface area contributed by atoms with Crippen molar-refractivity contribution in [2.75, 3.05) is 7.05 Å². The van der Waals surface area contributed by atoms with Gasteiger partial charge in [-0.25, -0.2) is 0 Å². The second-order valence-corrected chi connectivity index (χ2v) is 6.27. The van der Waals surface area contributed by atoms with E-state index in [1.165, 1.54) is 37.1 Å². The van der Waals surface area contributed by atoms with Gasteiger partial charge in [0, 0.05) is 19.5 Å². The maximum absolute atomic E-state index is 5.40. The molecule has 1 heterocycles. The van der Waals surface area contributed by atoms with Gasteiger partial charge in [-0.2, -0.15) is 0 Å². The minimum atomic E-state index is 0.542. The summed E-state index contributed by atoms with van der Waals surface area (Å²) in [5, 5.41) is 0.542. The van der Waals surface area contributed by atoms with Crippen LogP contribution in [0.2, 0.25) is 5.31 Å². The Morgan fingerprint density at radius 3 is 3.00 bits per heavy atom. The van der Waals surface area contributed by atoms with E-state index in [2.05, 4.69) is 26.7 Å². The summed E-state index contributed by atoms with van der Waals surface area (Å²) in [7, 11) is 4.60. The van der Waals surface area contributed by atoms with Crippen molar-refractivity contribution < 1.29 is 0 Å². The average molecular weight is 209 g/mol. The summed E-state index contributed by atoms with van der Waals surface area (Å²) in [4.78, 5) is 3.55. The van der Waals surface area contributed by atoms with Gasteiger partial charge in [-0.05, 0) is 18.8 Å². The molecule has 14 heavy (non-hydrogen) atoms. The molecule has 1 saturated heterocycles. The highest BCUT2D eigenvalue weighted by Crippen LogP contribution is 2.45. The van der Waals surface area contributed by atoms with Crippen LogP contribution >= 0.6 is 12.2 Å². The molecule has 0 amide bonds. The van der Waals surface area contributed by atoms with Crippen molar-refractivity contribution >= 4 is 25.1 Å². The Morgan fingerprint density at radius 2 is 2.29 bits per heavy atom. The summed E-state index contributed by atoms with van der Waals surface area (Å²) in [6, 6.07) is 0.754. The molecule has 2 aliphatic rings. The minimum absolute atomic E-state index is 0.542. The molecule has 1 saturated carbocycles. The summed E-state index contributed by atoms with van der Waals surface area (Å²) in [5.41, 5.74) is 0. The summed E-state index contributed by atoms with van der Waals surface area (Å²) in [6.07, 6.45) is 6.65. The number of fused-ring (bicyclic) bond motifs is 1. The summed E-state index contributed by atoms with van der Waals surface area (Å²) in [6.45, 7) is 2.41. The zero-order chi connectivity index (χ0) is 10.3. The van der Waals surface area contributed by atoms with E-state index in [1.807, 2.05) is 0 Å². The van der Waals surface area contributed by atoms with Crippen LogP contribution in [0.1, 0.15) is 39.0 Å². The molecule has 0 bridgehead atoms. The lowest BCUT2D eigenvalue weighted by Gasteiger charge is -2.27. The first-order valence-electron chi connectivity index (χ1n) is 5.75. The Labute approximate surface area is 93.6 Å². The Hall–Kier alpha value is -0.0451. The van der Waals surface area contributed by atoms with Crippen molar-refractivity contribution in [2.45, 2.75) is 50.4 Å². The van der Waals surface area contributed by atoms with Gasteiger partial charge in [0.15, 0.2) is 0 Å². The molecule has 1 aliphatic carbocycles. The van der Waals surface area contributed by atoms with E-state index < -0.39 is 0 Å². The van der Waals surface area contributed by atoms with Crippen molar-refractivity contribution in [1.82, 2.24) is 4.90 Å². The third kappa shape index (κ3) is 1.84. The van der Waals surface area contributed by atoms with Crippen LogP contribution in [0.5, 0.6) is 0 Å². The highest BCUT2D eigenvalue weighted by atomic mass is 32.1. The highest BCUT2D eigenvalue weighted by molar-refractivity contribution is 7.80. The van der Waals surface area contributed by atoms with Crippen molar-refractivity contribution in [1.29, 1.82) is 0 Å². The first kappa shape index (κ1) is 10.5. The fraction of sp³-hybridized carbons (Fsp3) is 0.909. The topological polar surface area (TPSA) is 3.24 Å². The van der Waals surface area contributed by atoms with E-state index in [0.29, 0.717) is 5.31 Å². The van der Waals surface area contributed by atoms with Crippen molar-refractivity contribution in [3.63, 3.8) is 0 Å². The third-order valence-corrected chi connectivity index (χ3v) is 4.49. The number of hydrogen-bond acceptors (Lipinski definition) is 1. The molecule has 78 valence electrons. The van der Waals surface area contributed by atoms with Gasteiger partial charge in [0.1, 0.15) is 7.85 Å². The van der Waals surface area contributed by atoms with Crippen molar-refractivity contribution in [2.24, 2.45) is 5.92 Å². The normalized spacial score (nSPS) is 43.6. The molecule has 0 radical (unpaired) electrons. The van der Waals surface area contributed by atoms with E-state index >= 15 is 0 Å². The number of rotatable bonds is 0. The fourth-order valence-electron chi connectivity index (χ4n) is 3.24. The van der Waals surface area contributed by atoms with Crippen LogP contribution < -0.4 is 0 Å². The number of likely N-dealkylation sites (tertiary alicyclic amines) is 1. The Morgan fingerprint density at radius 1 is 1.57 bits per heavy atom. The second kappa shape index (κ2) is 3.51. The zero-order valence-electron chi connectivity index (χ0n) is 9.55. The van der Waals surface area contributed by atoms with Crippen LogP contribution in [0.25, 0.3) is 0 Å². The van der Waals surface area contributed by atoms with Gasteiger partial charge in [-0.15, -0.1) is 0 Å². The van der Waals surface area contributed by atoms with Gasteiger partial charge < -0.3 is 4.90 Å². The minimum Gasteiger partial charge on any atom is -0.366 e. The first-order valence-corrected chi connectivity index (χ1v) is 6.16. The summed E-state index contributed by atoms with van der Waals surface area (Å²) >= 11 is 5.40. The SMILES string of the molecule is BC1(C)CCCC2C(CC(=S)N2C)C1. The lowest BCUT2D eigenvalue weighted by molar-refractivity contribution is 0.293. The van der Waals surface area contributed by atoms with Crippen LogP contribution in [0.15, 0.2) is 0 Å². The third-order valence-electron chi connectivity index (χ3n) is 4.04. The molecule has 2 fully saturated rings. The van der Waals surface area contributed by atoms with Gasteiger partial charge in [0.2, 0.25) is 0 Å². The molecular formula is C11H20BNS. The van der Waals surface area contributed by atoms with Crippen LogP contribution in [-0.2, 0) is 0 Å². The molecule has 1 nitrogen and oxygen atoms in total. The number of nitrogens with zero attached hydrogens (tertiary/aromatic N) is 1. The predicted octanol–water partition coefficient (Wildman–Crippen LogP) is 2.02. The molecule has 0 aromatic heterocycles. The van der Waals surface area contributed by atoms with Crippen molar-refractivity contribution in [3.05, 3.63) is 0 Å². The summed E-state index contributed by atoms with van der Waals surface area (Å²) < 4.78 is 0. The van der Waals surface area contributed by atoms with E-state index in [4.69, 9.17) is 12.2 Å². The average Bonchev–Trinajstić information content (AvgIpc) is 2.28. The van der Waals surface area contributed by atoms with Gasteiger partial charge >= 0.3 is 0 Å². The van der Waals surface area contributed by atoms with Crippen LogP contribution in [0.4, 0.5) is 0 Å². The maximum atomic E-state index is 5.40. The van der Waals surface area contributed by atoms with Crippen LogP contribution in [0.3, 0.4) is 0 Å². The van der Waals surface area contributed by atoms with E-state index in [-0.39, 0.29) is 0 Å². The molecule has 1 aliphatic heterocycles. The van der Waals surface area contributed by atoms with Crippen LogP contribution in [-0.4, -0.2) is 30.8 Å². The smallest absolute Gasteiger partial charge is 0.109 e. The quantitative estimate of drug-likeness (QED) is 0.443. The molecule has 0 N–H and O–H groups in total. The zero-order valence-corrected chi connectivity index (χ0v) is 10.4. The second-order valence-electron chi connectivity index (χ2n) is 5.80. The van der Waals surface area contributed by atoms with Crippen LogP contribution in [0, 0.1) is 5.92 Å². The molecule has 0 aromatic carbocycles. The van der Waals surface area contributed by atoms with Crippen molar-refractivity contribution in [3.8, 4) is 0 Å². The Kier molecular flexibility index (Phi) is 2.63. The molecular weight excluding hydrogens is 189 g/mol. The van der Waals surface area contributed by atoms with Gasteiger partial charge in [0.25, 0.3) is 0 Å². The molecule has 0 spiro atoms. The molecule has 2 rings (SSSR count). The Balaban J connectivity index is 2.14. The Bertz CT molecular complexity index is 252. The van der Waals surface area contributed by atoms with E-state index in [9.17, 15) is 0 Å². The molecule has 3 atom stereocenters. The molecule has 3 heteroatoms. The predicted molar refractivity (Wildman–Crippen MR) is 67.6 cm³/mol. The van der Waals surface area contributed by atoms with Gasteiger partial charge in [-0.1, -0.05) is 37.3 Å². The monoisotopic (exact) mass is 209 g/mol. The van der Waals surface area contributed by atoms with Gasteiger partial charge in [0.05, 0.1) is 4.99 Å². The maximum Gasteiger partial charge on any atom is 0.109 e. The molecule has 0 aromatic rings. The summed E-state index contributed by atoms with van der Waals surface area (Å²) in [5.74, 6) is 0.838. The highest BCUT2D eigenvalue weighted by Gasteiger charge is 2.39. The molecule has 3 unspecified atom stereocenters. The fourth-order valence-corrected chi connectivity index (χ4v) is 3.59. The number of thiocarbonyl (C=S) groups is 1. The lowest BCUT2D eigenvalue weighted by atomic mass is 9.64. The standard InChI is InChI=1S/C11H20BNS/c1-11(12)5-3-4-9-8(7-11)6-10(14)13(9)2/h8-9H,3-7,12H2,1-2H3. The largest absolute Gasteiger partial charge is 0.366 e. The van der Waals surface area contributed by atoms with E-state index in [1.54, 1.807) is 0 Å². The number of hydrogen-bond donors (Lipinski definition) is 0. The first-order chi connectivity index (χ1) is 6.49. The van der Waals surface area contributed by atoms with E-state index in [0.717, 1.165) is 12.0 Å².